The lowest BCUT2D eigenvalue weighted by atomic mass is 10.0. The van der Waals surface area contributed by atoms with Gasteiger partial charge in [-0.1, -0.05) is 175 Å². The van der Waals surface area contributed by atoms with Gasteiger partial charge >= 0.3 is 0 Å². The maximum absolute atomic E-state index is 11.9. The zero-order valence-corrected chi connectivity index (χ0v) is 30.7. The first-order valence-electron chi connectivity index (χ1n) is 19.7. The van der Waals surface area contributed by atoms with E-state index in [1.165, 1.54) is 193 Å². The van der Waals surface area contributed by atoms with Crippen LogP contribution in [0.5, 0.6) is 0 Å². The standard InChI is InChI=1S/C38H79NO3S/c1-4-7-10-13-16-19-22-25-28-31-34-39(37-38-43(40,41)42,35-32-29-26-23-20-17-14-11-8-5-2)36-33-30-27-24-21-18-15-12-9-6-3/h4-38H2,1-3H3/p+1. The molecule has 0 aliphatic heterocycles. The highest BCUT2D eigenvalue weighted by molar-refractivity contribution is 7.85. The Balaban J connectivity index is 4.74. The molecule has 0 atom stereocenters. The minimum absolute atomic E-state index is 0.0831. The molecule has 0 aromatic rings. The third-order valence-electron chi connectivity index (χ3n) is 9.78. The molecule has 0 amide bonds. The molecule has 1 N–H and O–H groups in total. The van der Waals surface area contributed by atoms with Crippen LogP contribution in [0.1, 0.15) is 213 Å². The molecule has 4 nitrogen and oxygen atoms in total. The number of hydrogen-bond acceptors (Lipinski definition) is 2. The van der Waals surface area contributed by atoms with Crippen LogP contribution in [0.15, 0.2) is 0 Å². The van der Waals surface area contributed by atoms with Crippen LogP contribution >= 0.6 is 0 Å². The Morgan fingerprint density at radius 1 is 0.349 bits per heavy atom. The summed E-state index contributed by atoms with van der Waals surface area (Å²) < 4.78 is 34.3. The molecule has 0 rings (SSSR count). The second kappa shape index (κ2) is 31.8. The summed E-state index contributed by atoms with van der Waals surface area (Å²) in [7, 11) is -3.93. The van der Waals surface area contributed by atoms with E-state index in [0.717, 1.165) is 24.1 Å². The van der Waals surface area contributed by atoms with Crippen molar-refractivity contribution in [2.24, 2.45) is 0 Å². The summed E-state index contributed by atoms with van der Waals surface area (Å²) in [6.07, 6.45) is 40.0. The van der Waals surface area contributed by atoms with E-state index >= 15 is 0 Å². The van der Waals surface area contributed by atoms with Crippen molar-refractivity contribution < 1.29 is 17.5 Å². The molecule has 0 aromatic carbocycles. The van der Waals surface area contributed by atoms with E-state index < -0.39 is 10.1 Å². The SMILES string of the molecule is CCCCCCCCCCCC[N+](CCCCCCCCCCCC)(CCCCCCCCCCCC)CCS(=O)(=O)O. The predicted octanol–water partition coefficient (Wildman–Crippen LogP) is 12.5. The molecule has 0 spiro atoms. The van der Waals surface area contributed by atoms with Gasteiger partial charge in [-0.3, -0.25) is 4.55 Å². The van der Waals surface area contributed by atoms with Crippen LogP contribution in [0.2, 0.25) is 0 Å². The third kappa shape index (κ3) is 31.6. The highest BCUT2D eigenvalue weighted by Gasteiger charge is 2.28. The second-order valence-electron chi connectivity index (χ2n) is 14.1. The van der Waals surface area contributed by atoms with E-state index in [9.17, 15) is 13.0 Å². The zero-order valence-electron chi connectivity index (χ0n) is 29.9. The monoisotopic (exact) mass is 631 g/mol. The normalized spacial score (nSPS) is 12.4. The first-order valence-corrected chi connectivity index (χ1v) is 21.3. The molecule has 5 heteroatoms. The van der Waals surface area contributed by atoms with Crippen molar-refractivity contribution in [3.63, 3.8) is 0 Å². The van der Waals surface area contributed by atoms with Gasteiger partial charge in [-0.25, -0.2) is 0 Å². The van der Waals surface area contributed by atoms with Gasteiger partial charge < -0.3 is 4.48 Å². The summed E-state index contributed by atoms with van der Waals surface area (Å²) >= 11 is 0. The lowest BCUT2D eigenvalue weighted by Crippen LogP contribution is -2.52. The highest BCUT2D eigenvalue weighted by Crippen LogP contribution is 2.20. The number of quaternary nitrogens is 1. The van der Waals surface area contributed by atoms with Crippen LogP contribution in [-0.4, -0.2) is 49.4 Å². The largest absolute Gasteiger partial charge is 0.323 e. The molecule has 0 fully saturated rings. The molecule has 260 valence electrons. The van der Waals surface area contributed by atoms with Gasteiger partial charge in [0.2, 0.25) is 0 Å². The molecule has 0 radical (unpaired) electrons. The maximum Gasteiger partial charge on any atom is 0.270 e. The van der Waals surface area contributed by atoms with Gasteiger partial charge in [-0.05, 0) is 38.5 Å². The topological polar surface area (TPSA) is 54.4 Å². The summed E-state index contributed by atoms with van der Waals surface area (Å²) in [5.41, 5.74) is 0. The van der Waals surface area contributed by atoms with Crippen molar-refractivity contribution in [2.45, 2.75) is 213 Å². The lowest BCUT2D eigenvalue weighted by molar-refractivity contribution is -0.926. The molecule has 43 heavy (non-hydrogen) atoms. The first-order chi connectivity index (χ1) is 20.9. The average Bonchev–Trinajstić information content (AvgIpc) is 2.98. The first kappa shape index (κ1) is 42.9. The van der Waals surface area contributed by atoms with E-state index in [1.54, 1.807) is 0 Å². The van der Waals surface area contributed by atoms with Crippen molar-refractivity contribution >= 4 is 10.1 Å². The molecule has 0 saturated carbocycles. The predicted molar refractivity (Wildman–Crippen MR) is 192 cm³/mol. The Labute approximate surface area is 272 Å². The van der Waals surface area contributed by atoms with Crippen LogP contribution in [0.3, 0.4) is 0 Å². The van der Waals surface area contributed by atoms with Crippen LogP contribution in [0, 0.1) is 0 Å². The summed E-state index contributed by atoms with van der Waals surface area (Å²) in [4.78, 5) is 0. The van der Waals surface area contributed by atoms with Gasteiger partial charge in [0, 0.05) is 0 Å². The number of unbranched alkanes of at least 4 members (excludes halogenated alkanes) is 27. The van der Waals surface area contributed by atoms with Crippen molar-refractivity contribution in [1.29, 1.82) is 0 Å². The van der Waals surface area contributed by atoms with Crippen LogP contribution in [-0.2, 0) is 10.1 Å². The van der Waals surface area contributed by atoms with Crippen molar-refractivity contribution in [1.82, 2.24) is 0 Å². The van der Waals surface area contributed by atoms with E-state index in [-0.39, 0.29) is 5.75 Å². The Morgan fingerprint density at radius 3 is 0.767 bits per heavy atom. The number of nitrogens with zero attached hydrogens (tertiary/aromatic N) is 1. The molecular formula is C38H80NO3S+. The molecule has 0 unspecified atom stereocenters. The lowest BCUT2D eigenvalue weighted by Gasteiger charge is -2.39. The van der Waals surface area contributed by atoms with E-state index in [1.807, 2.05) is 0 Å². The van der Waals surface area contributed by atoms with Crippen LogP contribution in [0.4, 0.5) is 0 Å². The molecule has 0 bridgehead atoms. The number of rotatable bonds is 36. The molecule has 0 aliphatic rings. The van der Waals surface area contributed by atoms with Crippen LogP contribution in [0.25, 0.3) is 0 Å². The van der Waals surface area contributed by atoms with Crippen molar-refractivity contribution in [2.75, 3.05) is 31.9 Å². The van der Waals surface area contributed by atoms with Gasteiger partial charge in [0.25, 0.3) is 10.1 Å². The van der Waals surface area contributed by atoms with Crippen LogP contribution < -0.4 is 0 Å². The Hall–Kier alpha value is -0.130. The quantitative estimate of drug-likeness (QED) is 0.0425. The van der Waals surface area contributed by atoms with Gasteiger partial charge in [-0.2, -0.15) is 8.42 Å². The summed E-state index contributed by atoms with van der Waals surface area (Å²) in [6.45, 7) is 10.7. The minimum Gasteiger partial charge on any atom is -0.323 e. The second-order valence-corrected chi connectivity index (χ2v) is 15.6. The Kier molecular flexibility index (Phi) is 31.7. The maximum atomic E-state index is 11.9. The third-order valence-corrected chi connectivity index (χ3v) is 10.5. The molecular weight excluding hydrogens is 550 g/mol. The molecule has 0 aromatic heterocycles. The molecule has 0 heterocycles. The molecule has 0 aliphatic carbocycles. The Bertz CT molecular complexity index is 592. The fourth-order valence-corrected chi connectivity index (χ4v) is 7.40. The minimum atomic E-state index is -3.93. The Morgan fingerprint density at radius 2 is 0.558 bits per heavy atom. The zero-order chi connectivity index (χ0) is 31.7. The summed E-state index contributed by atoms with van der Waals surface area (Å²) in [5, 5.41) is 0. The van der Waals surface area contributed by atoms with Gasteiger partial charge in [-0.15, -0.1) is 0 Å². The van der Waals surface area contributed by atoms with E-state index in [4.69, 9.17) is 0 Å². The van der Waals surface area contributed by atoms with Gasteiger partial charge in [0.1, 0.15) is 5.75 Å². The van der Waals surface area contributed by atoms with E-state index in [0.29, 0.717) is 6.54 Å². The average molecular weight is 631 g/mol. The smallest absolute Gasteiger partial charge is 0.270 e. The fraction of sp³-hybridized carbons (Fsp3) is 1.00. The highest BCUT2D eigenvalue weighted by atomic mass is 32.2. The molecule has 0 saturated heterocycles. The van der Waals surface area contributed by atoms with Gasteiger partial charge in [0.05, 0.1) is 26.2 Å². The van der Waals surface area contributed by atoms with Crippen molar-refractivity contribution in [3.8, 4) is 0 Å². The summed E-state index contributed by atoms with van der Waals surface area (Å²) in [5.74, 6) is -0.0831. The van der Waals surface area contributed by atoms with Gasteiger partial charge in [0.15, 0.2) is 0 Å². The fourth-order valence-electron chi connectivity index (χ4n) is 6.78. The van der Waals surface area contributed by atoms with Crippen molar-refractivity contribution in [3.05, 3.63) is 0 Å². The summed E-state index contributed by atoms with van der Waals surface area (Å²) in [6, 6.07) is 0. The van der Waals surface area contributed by atoms with E-state index in [2.05, 4.69) is 20.8 Å². The number of hydrogen-bond donors (Lipinski definition) is 1.